The first-order valence-electron chi connectivity index (χ1n) is 4.24. The van der Waals surface area contributed by atoms with E-state index in [0.717, 1.165) is 12.8 Å². The zero-order valence-corrected chi connectivity index (χ0v) is 8.80. The lowest BCUT2D eigenvalue weighted by Crippen LogP contribution is -2.06. The van der Waals surface area contributed by atoms with Crippen LogP contribution in [0.4, 0.5) is 0 Å². The van der Waals surface area contributed by atoms with Gasteiger partial charge in [-0.2, -0.15) is 5.10 Å². The minimum Gasteiger partial charge on any atom is -0.298 e. The molecule has 0 spiro atoms. The van der Waals surface area contributed by atoms with Gasteiger partial charge >= 0.3 is 0 Å². The topological polar surface area (TPSA) is 34.9 Å². The monoisotopic (exact) mass is 200 g/mol. The van der Waals surface area contributed by atoms with Crippen molar-refractivity contribution in [2.75, 3.05) is 0 Å². The van der Waals surface area contributed by atoms with Crippen LogP contribution >= 0.6 is 11.6 Å². The predicted octanol–water partition coefficient (Wildman–Crippen LogP) is 2.31. The lowest BCUT2D eigenvalue weighted by atomic mass is 10.2. The first kappa shape index (κ1) is 10.3. The number of carbonyl (C=O) groups is 1. The maximum absolute atomic E-state index is 10.6. The van der Waals surface area contributed by atoms with Crippen molar-refractivity contribution in [3.8, 4) is 0 Å². The molecule has 0 aliphatic heterocycles. The van der Waals surface area contributed by atoms with Crippen LogP contribution in [0.5, 0.6) is 0 Å². The predicted molar refractivity (Wildman–Crippen MR) is 52.2 cm³/mol. The van der Waals surface area contributed by atoms with Gasteiger partial charge in [0.05, 0.1) is 11.3 Å². The second kappa shape index (κ2) is 3.92. The molecule has 72 valence electrons. The Balaban J connectivity index is 3.03. The molecule has 0 unspecified atom stereocenters. The van der Waals surface area contributed by atoms with Gasteiger partial charge in [-0.05, 0) is 12.8 Å². The standard InChI is InChI=1S/C9H13ClN2O/c1-6(2)4-12-9(10)8(5-13)7(3)11-12/h5-6H,4H2,1-3H3. The van der Waals surface area contributed by atoms with Gasteiger partial charge in [-0.1, -0.05) is 25.4 Å². The van der Waals surface area contributed by atoms with Crippen molar-refractivity contribution in [1.29, 1.82) is 0 Å². The Morgan fingerprint density at radius 1 is 1.62 bits per heavy atom. The number of aromatic nitrogens is 2. The molecule has 0 aliphatic carbocycles. The molecule has 1 aromatic heterocycles. The Morgan fingerprint density at radius 2 is 2.23 bits per heavy atom. The highest BCUT2D eigenvalue weighted by molar-refractivity contribution is 6.32. The number of aryl methyl sites for hydroxylation is 1. The molecule has 1 aromatic rings. The summed E-state index contributed by atoms with van der Waals surface area (Å²) in [5, 5.41) is 4.62. The highest BCUT2D eigenvalue weighted by atomic mass is 35.5. The number of halogens is 1. The van der Waals surface area contributed by atoms with Gasteiger partial charge in [0, 0.05) is 6.54 Å². The molecule has 0 fully saturated rings. The van der Waals surface area contributed by atoms with Gasteiger partial charge in [-0.15, -0.1) is 0 Å². The summed E-state index contributed by atoms with van der Waals surface area (Å²) >= 11 is 5.94. The molecule has 0 bridgehead atoms. The molecule has 0 aliphatic rings. The summed E-state index contributed by atoms with van der Waals surface area (Å²) < 4.78 is 1.67. The molecule has 1 heterocycles. The average molecular weight is 201 g/mol. The smallest absolute Gasteiger partial charge is 0.155 e. The Labute approximate surface area is 82.7 Å². The maximum Gasteiger partial charge on any atom is 0.155 e. The molecule has 0 atom stereocenters. The van der Waals surface area contributed by atoms with Gasteiger partial charge in [0.15, 0.2) is 6.29 Å². The van der Waals surface area contributed by atoms with E-state index in [2.05, 4.69) is 18.9 Å². The van der Waals surface area contributed by atoms with Crippen LogP contribution in [-0.4, -0.2) is 16.1 Å². The fourth-order valence-electron chi connectivity index (χ4n) is 1.17. The molecule has 3 nitrogen and oxygen atoms in total. The highest BCUT2D eigenvalue weighted by Crippen LogP contribution is 2.18. The van der Waals surface area contributed by atoms with Gasteiger partial charge in [0.2, 0.25) is 0 Å². The Morgan fingerprint density at radius 3 is 2.62 bits per heavy atom. The Bertz CT molecular complexity index is 318. The second-order valence-corrected chi connectivity index (χ2v) is 3.84. The number of carbonyl (C=O) groups excluding carboxylic acids is 1. The van der Waals surface area contributed by atoms with Crippen LogP contribution in [0.2, 0.25) is 5.15 Å². The fraction of sp³-hybridized carbons (Fsp3) is 0.556. The van der Waals surface area contributed by atoms with Crippen molar-refractivity contribution in [2.45, 2.75) is 27.3 Å². The number of aldehydes is 1. The van der Waals surface area contributed by atoms with Gasteiger partial charge in [0.1, 0.15) is 5.15 Å². The van der Waals surface area contributed by atoms with Crippen molar-refractivity contribution in [3.63, 3.8) is 0 Å². The largest absolute Gasteiger partial charge is 0.298 e. The molecular formula is C9H13ClN2O. The van der Waals surface area contributed by atoms with Crippen molar-refractivity contribution in [3.05, 3.63) is 16.4 Å². The zero-order valence-electron chi connectivity index (χ0n) is 8.04. The van der Waals surface area contributed by atoms with E-state index >= 15 is 0 Å². The van der Waals surface area contributed by atoms with Crippen molar-refractivity contribution >= 4 is 17.9 Å². The maximum atomic E-state index is 10.6. The summed E-state index contributed by atoms with van der Waals surface area (Å²) in [6, 6.07) is 0. The van der Waals surface area contributed by atoms with Crippen LogP contribution in [-0.2, 0) is 6.54 Å². The molecule has 1 rings (SSSR count). The summed E-state index contributed by atoms with van der Waals surface area (Å²) in [7, 11) is 0. The van der Waals surface area contributed by atoms with Crippen LogP contribution in [0.1, 0.15) is 29.9 Å². The summed E-state index contributed by atoms with van der Waals surface area (Å²) in [6.07, 6.45) is 0.751. The molecular weight excluding hydrogens is 188 g/mol. The Hall–Kier alpha value is -0.830. The third-order valence-electron chi connectivity index (χ3n) is 1.77. The van der Waals surface area contributed by atoms with Crippen molar-refractivity contribution < 1.29 is 4.79 Å². The number of hydrogen-bond acceptors (Lipinski definition) is 2. The fourth-order valence-corrected chi connectivity index (χ4v) is 1.46. The number of hydrogen-bond donors (Lipinski definition) is 0. The van der Waals surface area contributed by atoms with Crippen LogP contribution < -0.4 is 0 Å². The third-order valence-corrected chi connectivity index (χ3v) is 2.16. The molecule has 0 radical (unpaired) electrons. The molecule has 0 aromatic carbocycles. The highest BCUT2D eigenvalue weighted by Gasteiger charge is 2.12. The first-order valence-corrected chi connectivity index (χ1v) is 4.62. The first-order chi connectivity index (χ1) is 6.06. The third kappa shape index (κ3) is 2.10. The lowest BCUT2D eigenvalue weighted by Gasteiger charge is -2.05. The lowest BCUT2D eigenvalue weighted by molar-refractivity contribution is 0.112. The van der Waals surface area contributed by atoms with Crippen molar-refractivity contribution in [1.82, 2.24) is 9.78 Å². The SMILES string of the molecule is Cc1nn(CC(C)C)c(Cl)c1C=O. The average Bonchev–Trinajstić information content (AvgIpc) is 2.26. The number of nitrogens with zero attached hydrogens (tertiary/aromatic N) is 2. The quantitative estimate of drug-likeness (QED) is 0.702. The second-order valence-electron chi connectivity index (χ2n) is 3.48. The van der Waals surface area contributed by atoms with Crippen LogP contribution in [0.3, 0.4) is 0 Å². The van der Waals surface area contributed by atoms with E-state index in [4.69, 9.17) is 11.6 Å². The minimum atomic E-state index is 0.446. The van der Waals surface area contributed by atoms with Gasteiger partial charge in [-0.25, -0.2) is 0 Å². The summed E-state index contributed by atoms with van der Waals surface area (Å²) in [6.45, 7) is 6.68. The normalized spacial score (nSPS) is 10.8. The summed E-state index contributed by atoms with van der Waals surface area (Å²) in [4.78, 5) is 10.6. The van der Waals surface area contributed by atoms with E-state index in [1.165, 1.54) is 0 Å². The summed E-state index contributed by atoms with van der Waals surface area (Å²) in [5.41, 5.74) is 1.20. The molecule has 0 saturated heterocycles. The van der Waals surface area contributed by atoms with E-state index in [1.807, 2.05) is 0 Å². The molecule has 0 N–H and O–H groups in total. The van der Waals surface area contributed by atoms with Crippen molar-refractivity contribution in [2.24, 2.45) is 5.92 Å². The van der Waals surface area contributed by atoms with Gasteiger partial charge in [0.25, 0.3) is 0 Å². The van der Waals surface area contributed by atoms with E-state index in [0.29, 0.717) is 22.3 Å². The van der Waals surface area contributed by atoms with E-state index < -0.39 is 0 Å². The Kier molecular flexibility index (Phi) is 3.09. The molecule has 0 amide bonds. The van der Waals surface area contributed by atoms with Crippen LogP contribution in [0.15, 0.2) is 0 Å². The molecule has 4 heteroatoms. The van der Waals surface area contributed by atoms with Crippen LogP contribution in [0.25, 0.3) is 0 Å². The minimum absolute atomic E-state index is 0.446. The van der Waals surface area contributed by atoms with Gasteiger partial charge in [-0.3, -0.25) is 9.48 Å². The number of rotatable bonds is 3. The molecule has 13 heavy (non-hydrogen) atoms. The zero-order chi connectivity index (χ0) is 10.0. The van der Waals surface area contributed by atoms with Crippen LogP contribution in [0, 0.1) is 12.8 Å². The van der Waals surface area contributed by atoms with E-state index in [-0.39, 0.29) is 0 Å². The van der Waals surface area contributed by atoms with Gasteiger partial charge < -0.3 is 0 Å². The molecule has 0 saturated carbocycles. The van der Waals surface area contributed by atoms with E-state index in [1.54, 1.807) is 11.6 Å². The summed E-state index contributed by atoms with van der Waals surface area (Å²) in [5.74, 6) is 0.469. The van der Waals surface area contributed by atoms with E-state index in [9.17, 15) is 4.79 Å².